The van der Waals surface area contributed by atoms with Gasteiger partial charge in [0.1, 0.15) is 17.8 Å². The molecule has 4 aromatic rings. The van der Waals surface area contributed by atoms with Crippen molar-refractivity contribution in [3.63, 3.8) is 0 Å². The van der Waals surface area contributed by atoms with Crippen LogP contribution in [-0.4, -0.2) is 114 Å². The number of hydrazone groups is 1. The molecule has 5 amide bonds. The molecule has 18 heteroatoms. The number of ether oxygens (including phenoxy) is 2. The number of primary amides is 2. The molecule has 0 atom stereocenters. The number of amides is 5. The van der Waals surface area contributed by atoms with E-state index in [0.29, 0.717) is 52.9 Å². The van der Waals surface area contributed by atoms with E-state index in [1.54, 1.807) is 96.5 Å². The Morgan fingerprint density at radius 2 is 1.00 bits per heavy atom. The molecule has 0 saturated heterocycles. The highest BCUT2D eigenvalue weighted by atomic mass is 16.5. The summed E-state index contributed by atoms with van der Waals surface area (Å²) >= 11 is 0. The van der Waals surface area contributed by atoms with E-state index in [0.717, 1.165) is 33.4 Å². The van der Waals surface area contributed by atoms with Crippen LogP contribution in [0.1, 0.15) is 116 Å². The first-order chi connectivity index (χ1) is 33.2. The van der Waals surface area contributed by atoms with Crippen LogP contribution in [0.25, 0.3) is 0 Å². The highest BCUT2D eigenvalue weighted by Gasteiger charge is 2.35. The van der Waals surface area contributed by atoms with Crippen LogP contribution in [0.4, 0.5) is 0 Å². The molecule has 0 aliphatic rings. The zero-order valence-electron chi connectivity index (χ0n) is 42.7. The minimum absolute atomic E-state index is 0.197. The largest absolute Gasteiger partial charge is 0.496 e. The van der Waals surface area contributed by atoms with Gasteiger partial charge in [-0.3, -0.25) is 38.4 Å². The van der Waals surface area contributed by atoms with Gasteiger partial charge in [0.2, 0.25) is 5.78 Å². The van der Waals surface area contributed by atoms with E-state index in [1.165, 1.54) is 16.0 Å². The fourth-order valence-electron chi connectivity index (χ4n) is 7.34. The third kappa shape index (κ3) is 16.7. The number of hydrogen-bond donors (Lipinski definition) is 4. The summed E-state index contributed by atoms with van der Waals surface area (Å²) in [5.74, 6) is -3.99. The minimum atomic E-state index is -1.19. The van der Waals surface area contributed by atoms with Gasteiger partial charge >= 0.3 is 11.8 Å². The Morgan fingerprint density at radius 3 is 1.30 bits per heavy atom. The number of ketones is 3. The van der Waals surface area contributed by atoms with Crippen LogP contribution in [0, 0.1) is 27.7 Å². The Bertz CT molecular complexity index is 2630. The maximum Gasteiger partial charge on any atom is 0.329 e. The third-order valence-corrected chi connectivity index (χ3v) is 11.0. The van der Waals surface area contributed by atoms with Crippen molar-refractivity contribution in [2.75, 3.05) is 33.9 Å². The van der Waals surface area contributed by atoms with Gasteiger partial charge in [-0.05, 0) is 105 Å². The molecule has 0 bridgehead atoms. The molecule has 0 aliphatic heterocycles. The van der Waals surface area contributed by atoms with E-state index >= 15 is 0 Å². The molecule has 380 valence electrons. The van der Waals surface area contributed by atoms with Gasteiger partial charge < -0.3 is 41.3 Å². The maximum atomic E-state index is 13.7. The minimum Gasteiger partial charge on any atom is -0.496 e. The van der Waals surface area contributed by atoms with Crippen LogP contribution in [0.3, 0.4) is 0 Å². The Labute approximate surface area is 415 Å². The van der Waals surface area contributed by atoms with Crippen molar-refractivity contribution >= 4 is 59.4 Å². The lowest BCUT2D eigenvalue weighted by molar-refractivity contribution is -0.137. The first kappa shape index (κ1) is 59.3. The van der Waals surface area contributed by atoms with Crippen LogP contribution in [0.2, 0.25) is 0 Å². The molecule has 0 aromatic heterocycles. The SMILES string of the molecule is CCc1c(OC)cccc1C(=O)CN(C(=O)c1cc(C)cc(C)c1)C(C)(C)/C=N/NC(=O)C(N)=O.CCc1c(OC)cccc1C(=O)CN(C(=O)c1cc(C)cc(C)c1)C(C)(C)C=O.NCC(=O)C(N)=O. The average Bonchev–Trinajstić information content (AvgIpc) is 3.32. The highest BCUT2D eigenvalue weighted by molar-refractivity contribution is 6.36. The summed E-state index contributed by atoms with van der Waals surface area (Å²) < 4.78 is 10.8. The Balaban J connectivity index is 0.000000434. The van der Waals surface area contributed by atoms with Gasteiger partial charge in [0.25, 0.3) is 17.7 Å². The monoisotopic (exact) mass is 977 g/mol. The van der Waals surface area contributed by atoms with E-state index in [9.17, 15) is 43.2 Å². The summed E-state index contributed by atoms with van der Waals surface area (Å²) in [5, 5.41) is 3.79. The fourth-order valence-corrected chi connectivity index (χ4v) is 7.34. The number of aryl methyl sites for hydroxylation is 4. The summed E-state index contributed by atoms with van der Waals surface area (Å²) in [4.78, 5) is 110. The average molecular weight is 978 g/mol. The number of rotatable bonds is 19. The molecule has 71 heavy (non-hydrogen) atoms. The number of carbonyl (C=O) groups is 9. The molecular weight excluding hydrogens is 911 g/mol. The van der Waals surface area contributed by atoms with E-state index in [4.69, 9.17) is 20.9 Å². The lowest BCUT2D eigenvalue weighted by atomic mass is 9.96. The second-order valence-electron chi connectivity index (χ2n) is 17.5. The zero-order chi connectivity index (χ0) is 54.0. The van der Waals surface area contributed by atoms with Crippen molar-refractivity contribution < 1.29 is 52.6 Å². The van der Waals surface area contributed by atoms with Crippen molar-refractivity contribution in [2.24, 2.45) is 22.3 Å². The first-order valence-corrected chi connectivity index (χ1v) is 22.5. The molecule has 4 aromatic carbocycles. The molecule has 4 rings (SSSR count). The molecule has 18 nitrogen and oxygen atoms in total. The third-order valence-electron chi connectivity index (χ3n) is 11.0. The van der Waals surface area contributed by atoms with Crippen molar-refractivity contribution in [3.8, 4) is 11.5 Å². The first-order valence-electron chi connectivity index (χ1n) is 22.5. The number of benzene rings is 4. The molecule has 0 spiro atoms. The molecular formula is C53H67N7O11. The summed E-state index contributed by atoms with van der Waals surface area (Å²) in [7, 11) is 3.10. The normalized spacial score (nSPS) is 10.9. The second-order valence-corrected chi connectivity index (χ2v) is 17.5. The number of methoxy groups -OCH3 is 2. The van der Waals surface area contributed by atoms with Crippen LogP contribution >= 0.6 is 0 Å². The summed E-state index contributed by atoms with van der Waals surface area (Å²) in [5.41, 5.74) is 21.0. The fraction of sp³-hybridized carbons (Fsp3) is 0.358. The molecule has 0 aliphatic carbocycles. The number of nitrogens with two attached hydrogens (primary N) is 3. The van der Waals surface area contributed by atoms with E-state index in [1.807, 2.05) is 65.2 Å². The van der Waals surface area contributed by atoms with Crippen LogP contribution < -0.4 is 32.1 Å². The summed E-state index contributed by atoms with van der Waals surface area (Å²) in [6, 6.07) is 21.5. The molecule has 0 heterocycles. The molecule has 7 N–H and O–H groups in total. The van der Waals surface area contributed by atoms with Crippen molar-refractivity contribution in [3.05, 3.63) is 128 Å². The van der Waals surface area contributed by atoms with Gasteiger partial charge in [0.15, 0.2) is 11.6 Å². The quantitative estimate of drug-likeness (QED) is 0.0326. The summed E-state index contributed by atoms with van der Waals surface area (Å²) in [6.07, 6.45) is 3.18. The Morgan fingerprint density at radius 1 is 0.620 bits per heavy atom. The number of Topliss-reactive ketones (excluding diaryl/α,β-unsaturated/α-hetero) is 3. The van der Waals surface area contributed by atoms with Gasteiger partial charge in [-0.25, -0.2) is 5.43 Å². The van der Waals surface area contributed by atoms with Crippen LogP contribution in [0.5, 0.6) is 11.5 Å². The van der Waals surface area contributed by atoms with Crippen molar-refractivity contribution in [1.82, 2.24) is 15.2 Å². The van der Waals surface area contributed by atoms with Gasteiger partial charge in [0, 0.05) is 39.6 Å². The second kappa shape index (κ2) is 26.8. The Hall–Kier alpha value is -7.86. The van der Waals surface area contributed by atoms with Crippen LogP contribution in [-0.2, 0) is 36.8 Å². The lowest BCUT2D eigenvalue weighted by Gasteiger charge is -2.35. The lowest BCUT2D eigenvalue weighted by Crippen LogP contribution is -2.51. The number of aldehydes is 1. The number of hydrogen-bond acceptors (Lipinski definition) is 13. The molecule has 0 fully saturated rings. The van der Waals surface area contributed by atoms with Gasteiger partial charge in [-0.15, -0.1) is 0 Å². The predicted octanol–water partition coefficient (Wildman–Crippen LogP) is 4.74. The van der Waals surface area contributed by atoms with Crippen LogP contribution in [0.15, 0.2) is 77.9 Å². The van der Waals surface area contributed by atoms with E-state index in [-0.39, 0.29) is 43.0 Å². The van der Waals surface area contributed by atoms with Crippen molar-refractivity contribution in [1.29, 1.82) is 0 Å². The van der Waals surface area contributed by atoms with Gasteiger partial charge in [-0.1, -0.05) is 72.5 Å². The number of carbonyl (C=O) groups excluding carboxylic acids is 9. The summed E-state index contributed by atoms with van der Waals surface area (Å²) in [6.45, 7) is 17.3. The number of nitrogens with zero attached hydrogens (tertiary/aromatic N) is 3. The van der Waals surface area contributed by atoms with Gasteiger partial charge in [-0.2, -0.15) is 5.10 Å². The maximum absolute atomic E-state index is 13.7. The molecule has 0 saturated carbocycles. The molecule has 0 unspecified atom stereocenters. The smallest absolute Gasteiger partial charge is 0.329 e. The number of nitrogens with one attached hydrogen (secondary N) is 1. The predicted molar refractivity (Wildman–Crippen MR) is 271 cm³/mol. The Kier molecular flexibility index (Phi) is 22.4. The topological polar surface area (TPSA) is 281 Å². The molecule has 0 radical (unpaired) electrons. The van der Waals surface area contributed by atoms with Crippen molar-refractivity contribution in [2.45, 2.75) is 93.2 Å². The van der Waals surface area contributed by atoms with Gasteiger partial charge in [0.05, 0.1) is 44.9 Å². The standard InChI is InChI=1S/C26H32N4O5.C24H29NO4.C3H6N2O2/c1-7-19-20(9-8-10-22(19)35-6)21(31)14-30(25(34)18-12-16(2)11-17(3)13-18)26(4,5)15-28-29-24(33)23(27)32;1-7-19-20(9-8-10-22(19)29-6)21(27)14-25(24(4,5)15-26)23(28)18-12-16(2)11-17(3)13-18;4-1-2(6)3(5)7/h8-13,15H,7,14H2,1-6H3,(H2,27,32)(H,29,33);8-13,15H,7,14H2,1-6H3;1,4H2,(H2,5,7)/b28-15+;;. The van der Waals surface area contributed by atoms with E-state index < -0.39 is 34.6 Å². The zero-order valence-corrected chi connectivity index (χ0v) is 42.7. The highest BCUT2D eigenvalue weighted by Crippen LogP contribution is 2.27. The van der Waals surface area contributed by atoms with E-state index in [2.05, 4.69) is 10.8 Å².